The lowest BCUT2D eigenvalue weighted by molar-refractivity contribution is 0.372. The molecule has 108 valence electrons. The Balaban J connectivity index is 3.38. The number of hydrogen-bond acceptors (Lipinski definition) is 1. The number of unbranched alkanes of at least 4 members (excludes halogenated alkanes) is 7. The summed E-state index contributed by atoms with van der Waals surface area (Å²) in [6.07, 6.45) is 11.9. The quantitative estimate of drug-likeness (QED) is 0.403. The van der Waals surface area contributed by atoms with Crippen LogP contribution in [0.25, 0.3) is 0 Å². The van der Waals surface area contributed by atoms with Gasteiger partial charge in [0.25, 0.3) is 0 Å². The predicted molar refractivity (Wildman–Crippen MR) is 79.6 cm³/mol. The standard InChI is InChI=1S/C16H32FN/c1-4-5-6-7-8-10-13-16(2)18(3)15-12-9-11-14-17/h2,4-15H2,1,3H3. The summed E-state index contributed by atoms with van der Waals surface area (Å²) in [6, 6.07) is 0. The van der Waals surface area contributed by atoms with E-state index in [1.54, 1.807) is 0 Å². The van der Waals surface area contributed by atoms with Crippen molar-refractivity contribution in [2.75, 3.05) is 20.3 Å². The zero-order valence-corrected chi connectivity index (χ0v) is 12.5. The summed E-state index contributed by atoms with van der Waals surface area (Å²) in [5.41, 5.74) is 1.24. The monoisotopic (exact) mass is 257 g/mol. The number of rotatable bonds is 13. The van der Waals surface area contributed by atoms with Gasteiger partial charge in [0.1, 0.15) is 0 Å². The van der Waals surface area contributed by atoms with Crippen molar-refractivity contribution >= 4 is 0 Å². The maximum atomic E-state index is 11.9. The molecular formula is C16H32FN. The second kappa shape index (κ2) is 12.9. The van der Waals surface area contributed by atoms with E-state index in [1.165, 1.54) is 44.2 Å². The van der Waals surface area contributed by atoms with Crippen molar-refractivity contribution in [1.29, 1.82) is 0 Å². The fraction of sp³-hybridized carbons (Fsp3) is 0.875. The van der Waals surface area contributed by atoms with Crippen LogP contribution in [0.4, 0.5) is 4.39 Å². The third-order valence-electron chi connectivity index (χ3n) is 3.49. The second-order valence-corrected chi connectivity index (χ2v) is 5.26. The molecule has 0 spiro atoms. The molecule has 0 radical (unpaired) electrons. The van der Waals surface area contributed by atoms with Gasteiger partial charge in [0.05, 0.1) is 6.67 Å². The molecule has 1 nitrogen and oxygen atoms in total. The van der Waals surface area contributed by atoms with E-state index in [2.05, 4.69) is 25.5 Å². The Morgan fingerprint density at radius 3 is 2.22 bits per heavy atom. The van der Waals surface area contributed by atoms with Crippen LogP contribution in [0.3, 0.4) is 0 Å². The lowest BCUT2D eigenvalue weighted by atomic mass is 10.1. The van der Waals surface area contributed by atoms with Gasteiger partial charge in [-0.2, -0.15) is 0 Å². The average Bonchev–Trinajstić information content (AvgIpc) is 2.38. The lowest BCUT2D eigenvalue weighted by Crippen LogP contribution is -2.18. The molecule has 0 amide bonds. The second-order valence-electron chi connectivity index (χ2n) is 5.26. The van der Waals surface area contributed by atoms with Crippen LogP contribution in [0.2, 0.25) is 0 Å². The SMILES string of the molecule is C=C(CCCCCCCC)N(C)CCCCCF. The van der Waals surface area contributed by atoms with Gasteiger partial charge in [-0.25, -0.2) is 0 Å². The third-order valence-corrected chi connectivity index (χ3v) is 3.49. The van der Waals surface area contributed by atoms with Gasteiger partial charge in [-0.05, 0) is 32.1 Å². The minimum absolute atomic E-state index is 0.178. The predicted octanol–water partition coefficient (Wildman–Crippen LogP) is 5.32. The minimum atomic E-state index is -0.178. The zero-order valence-electron chi connectivity index (χ0n) is 12.5. The van der Waals surface area contributed by atoms with Crippen molar-refractivity contribution < 1.29 is 4.39 Å². The van der Waals surface area contributed by atoms with Crippen LogP contribution >= 0.6 is 0 Å². The molecule has 0 rings (SSSR count). The van der Waals surface area contributed by atoms with E-state index < -0.39 is 0 Å². The van der Waals surface area contributed by atoms with Gasteiger partial charge < -0.3 is 4.90 Å². The summed E-state index contributed by atoms with van der Waals surface area (Å²) in [4.78, 5) is 2.24. The normalized spacial score (nSPS) is 10.6. The Labute approximate surface area is 113 Å². The van der Waals surface area contributed by atoms with Gasteiger partial charge >= 0.3 is 0 Å². The highest BCUT2D eigenvalue weighted by atomic mass is 19.1. The molecule has 0 aliphatic heterocycles. The van der Waals surface area contributed by atoms with Crippen LogP contribution in [-0.2, 0) is 0 Å². The number of halogens is 1. The van der Waals surface area contributed by atoms with Crippen LogP contribution in [0, 0.1) is 0 Å². The topological polar surface area (TPSA) is 3.24 Å². The summed E-state index contributed by atoms with van der Waals surface area (Å²) in [5.74, 6) is 0. The molecule has 0 N–H and O–H groups in total. The Morgan fingerprint density at radius 1 is 0.944 bits per heavy atom. The molecule has 2 heteroatoms. The molecule has 0 aliphatic rings. The minimum Gasteiger partial charge on any atom is -0.378 e. The highest BCUT2D eigenvalue weighted by molar-refractivity contribution is 4.91. The summed E-state index contributed by atoms with van der Waals surface area (Å²) in [5, 5.41) is 0. The first kappa shape index (κ1) is 17.5. The van der Waals surface area contributed by atoms with Crippen LogP contribution in [0.1, 0.15) is 71.1 Å². The summed E-state index contributed by atoms with van der Waals surface area (Å²) in [7, 11) is 2.11. The average molecular weight is 257 g/mol. The highest BCUT2D eigenvalue weighted by Crippen LogP contribution is 2.13. The van der Waals surface area contributed by atoms with Crippen molar-refractivity contribution in [3.63, 3.8) is 0 Å². The fourth-order valence-electron chi connectivity index (χ4n) is 2.08. The van der Waals surface area contributed by atoms with Gasteiger partial charge in [-0.3, -0.25) is 4.39 Å². The molecular weight excluding hydrogens is 225 g/mol. The molecule has 0 saturated carbocycles. The summed E-state index contributed by atoms with van der Waals surface area (Å²) < 4.78 is 11.9. The van der Waals surface area contributed by atoms with Crippen LogP contribution in [0.15, 0.2) is 12.3 Å². The van der Waals surface area contributed by atoms with E-state index in [0.29, 0.717) is 6.42 Å². The van der Waals surface area contributed by atoms with Crippen LogP contribution in [-0.4, -0.2) is 25.2 Å². The number of alkyl halides is 1. The van der Waals surface area contributed by atoms with Crippen molar-refractivity contribution in [2.24, 2.45) is 0 Å². The third kappa shape index (κ3) is 10.6. The first-order valence-electron chi connectivity index (χ1n) is 7.67. The van der Waals surface area contributed by atoms with E-state index in [9.17, 15) is 4.39 Å². The van der Waals surface area contributed by atoms with Crippen molar-refractivity contribution in [1.82, 2.24) is 4.90 Å². The number of allylic oxidation sites excluding steroid dienone is 1. The molecule has 0 bridgehead atoms. The van der Waals surface area contributed by atoms with E-state index >= 15 is 0 Å². The molecule has 0 atom stereocenters. The Morgan fingerprint density at radius 2 is 1.56 bits per heavy atom. The summed E-state index contributed by atoms with van der Waals surface area (Å²) in [6.45, 7) is 7.23. The molecule has 0 saturated heterocycles. The molecule has 18 heavy (non-hydrogen) atoms. The summed E-state index contributed by atoms with van der Waals surface area (Å²) >= 11 is 0. The van der Waals surface area contributed by atoms with Crippen LogP contribution in [0.5, 0.6) is 0 Å². The Bertz CT molecular complexity index is 192. The van der Waals surface area contributed by atoms with Crippen molar-refractivity contribution in [3.05, 3.63) is 12.3 Å². The van der Waals surface area contributed by atoms with E-state index in [0.717, 1.165) is 25.8 Å². The first-order valence-corrected chi connectivity index (χ1v) is 7.67. The molecule has 0 aromatic rings. The molecule has 0 unspecified atom stereocenters. The van der Waals surface area contributed by atoms with E-state index in [1.807, 2.05) is 0 Å². The zero-order chi connectivity index (χ0) is 13.6. The molecule has 0 aromatic carbocycles. The molecule has 0 heterocycles. The van der Waals surface area contributed by atoms with Gasteiger partial charge in [0.15, 0.2) is 0 Å². The van der Waals surface area contributed by atoms with Gasteiger partial charge in [0, 0.05) is 19.3 Å². The number of nitrogens with zero attached hydrogens (tertiary/aromatic N) is 1. The highest BCUT2D eigenvalue weighted by Gasteiger charge is 2.01. The molecule has 0 aliphatic carbocycles. The smallest absolute Gasteiger partial charge is 0.0894 e. The van der Waals surface area contributed by atoms with Gasteiger partial charge in [-0.1, -0.05) is 45.6 Å². The van der Waals surface area contributed by atoms with Crippen molar-refractivity contribution in [2.45, 2.75) is 71.1 Å². The lowest BCUT2D eigenvalue weighted by Gasteiger charge is -2.21. The number of hydrogen-bond donors (Lipinski definition) is 0. The fourth-order valence-corrected chi connectivity index (χ4v) is 2.08. The van der Waals surface area contributed by atoms with Crippen LogP contribution < -0.4 is 0 Å². The van der Waals surface area contributed by atoms with Gasteiger partial charge in [0.2, 0.25) is 0 Å². The van der Waals surface area contributed by atoms with E-state index in [-0.39, 0.29) is 6.67 Å². The molecule has 0 aromatic heterocycles. The van der Waals surface area contributed by atoms with Gasteiger partial charge in [-0.15, -0.1) is 0 Å². The Kier molecular flexibility index (Phi) is 12.5. The van der Waals surface area contributed by atoms with Crippen molar-refractivity contribution in [3.8, 4) is 0 Å². The molecule has 0 fully saturated rings. The van der Waals surface area contributed by atoms with E-state index in [4.69, 9.17) is 0 Å². The Hall–Kier alpha value is -0.530. The maximum Gasteiger partial charge on any atom is 0.0894 e. The largest absolute Gasteiger partial charge is 0.378 e. The maximum absolute atomic E-state index is 11.9. The first-order chi connectivity index (χ1) is 8.72.